The van der Waals surface area contributed by atoms with E-state index in [1.54, 1.807) is 0 Å². The first-order valence-corrected chi connectivity index (χ1v) is 7.09. The Morgan fingerprint density at radius 1 is 1.11 bits per heavy atom. The zero-order valence-corrected chi connectivity index (χ0v) is 11.9. The van der Waals surface area contributed by atoms with Crippen molar-refractivity contribution in [2.75, 3.05) is 0 Å². The van der Waals surface area contributed by atoms with Crippen molar-refractivity contribution >= 4 is 17.6 Å². The van der Waals surface area contributed by atoms with Crippen LogP contribution in [0, 0.1) is 0 Å². The number of benzene rings is 1. The molecule has 0 atom stereocenters. The summed E-state index contributed by atoms with van der Waals surface area (Å²) in [7, 11) is 0. The van der Waals surface area contributed by atoms with Gasteiger partial charge in [0.2, 0.25) is 0 Å². The van der Waals surface area contributed by atoms with Gasteiger partial charge in [0.1, 0.15) is 0 Å². The number of rotatable bonds is 7. The van der Waals surface area contributed by atoms with E-state index in [1.165, 1.54) is 12.8 Å². The van der Waals surface area contributed by atoms with Gasteiger partial charge in [0, 0.05) is 12.8 Å². The summed E-state index contributed by atoms with van der Waals surface area (Å²) in [5.41, 5.74) is 0.818. The van der Waals surface area contributed by atoms with Crippen LogP contribution in [0.1, 0.15) is 52.4 Å². The SMILES string of the molecule is CCCCCCC(=O)OC(CC)=Nc1ccccc1. The van der Waals surface area contributed by atoms with E-state index in [0.717, 1.165) is 18.5 Å². The van der Waals surface area contributed by atoms with Gasteiger partial charge in [-0.2, -0.15) is 0 Å². The molecule has 0 N–H and O–H groups in total. The highest BCUT2D eigenvalue weighted by Gasteiger charge is 2.07. The first-order valence-electron chi connectivity index (χ1n) is 7.09. The van der Waals surface area contributed by atoms with Crippen LogP contribution in [0.4, 0.5) is 5.69 Å². The van der Waals surface area contributed by atoms with Crippen molar-refractivity contribution in [1.29, 1.82) is 0 Å². The van der Waals surface area contributed by atoms with Gasteiger partial charge in [-0.3, -0.25) is 4.79 Å². The lowest BCUT2D eigenvalue weighted by Crippen LogP contribution is -2.11. The molecule has 0 heterocycles. The van der Waals surface area contributed by atoms with Crippen LogP contribution < -0.4 is 0 Å². The van der Waals surface area contributed by atoms with E-state index in [-0.39, 0.29) is 5.97 Å². The molecule has 1 aromatic carbocycles. The number of hydrogen-bond acceptors (Lipinski definition) is 3. The fourth-order valence-electron chi connectivity index (χ4n) is 1.70. The smallest absolute Gasteiger partial charge is 0.312 e. The normalized spacial score (nSPS) is 11.4. The van der Waals surface area contributed by atoms with Gasteiger partial charge in [0.05, 0.1) is 5.69 Å². The minimum atomic E-state index is -0.173. The summed E-state index contributed by atoms with van der Waals surface area (Å²) in [4.78, 5) is 16.0. The number of esters is 1. The Hall–Kier alpha value is -1.64. The Balaban J connectivity index is 2.44. The van der Waals surface area contributed by atoms with E-state index in [0.29, 0.717) is 18.7 Å². The standard InChI is InChI=1S/C16H23NO2/c1-3-5-6-10-13-16(18)19-15(4-2)17-14-11-8-7-9-12-14/h7-9,11-12H,3-6,10,13H2,1-2H3. The van der Waals surface area contributed by atoms with E-state index in [4.69, 9.17) is 4.74 Å². The van der Waals surface area contributed by atoms with E-state index in [1.807, 2.05) is 37.3 Å². The summed E-state index contributed by atoms with van der Waals surface area (Å²) in [5, 5.41) is 0. The number of ether oxygens (including phenoxy) is 1. The molecule has 0 bridgehead atoms. The fraction of sp³-hybridized carbons (Fsp3) is 0.500. The second kappa shape index (κ2) is 9.31. The predicted octanol–water partition coefficient (Wildman–Crippen LogP) is 4.64. The number of hydrogen-bond donors (Lipinski definition) is 0. The molecule has 1 aromatic rings. The molecule has 0 spiro atoms. The number of nitrogens with zero attached hydrogens (tertiary/aromatic N) is 1. The summed E-state index contributed by atoms with van der Waals surface area (Å²) in [6.07, 6.45) is 5.43. The molecule has 0 aliphatic carbocycles. The molecule has 0 radical (unpaired) electrons. The van der Waals surface area contributed by atoms with Crippen LogP contribution >= 0.6 is 0 Å². The molecular weight excluding hydrogens is 238 g/mol. The Bertz CT molecular complexity index is 398. The minimum Gasteiger partial charge on any atom is -0.412 e. The van der Waals surface area contributed by atoms with Gasteiger partial charge in [-0.15, -0.1) is 0 Å². The van der Waals surface area contributed by atoms with Gasteiger partial charge in [-0.25, -0.2) is 4.99 Å². The number of para-hydroxylation sites is 1. The maximum atomic E-state index is 11.7. The third-order valence-electron chi connectivity index (χ3n) is 2.78. The topological polar surface area (TPSA) is 38.7 Å². The molecule has 0 aliphatic heterocycles. The van der Waals surface area contributed by atoms with E-state index < -0.39 is 0 Å². The quantitative estimate of drug-likeness (QED) is 0.310. The Morgan fingerprint density at radius 3 is 2.47 bits per heavy atom. The van der Waals surface area contributed by atoms with E-state index in [2.05, 4.69) is 11.9 Å². The zero-order chi connectivity index (χ0) is 13.9. The third kappa shape index (κ3) is 6.75. The Labute approximate surface area is 115 Å². The molecule has 104 valence electrons. The predicted molar refractivity (Wildman–Crippen MR) is 78.7 cm³/mol. The van der Waals surface area contributed by atoms with Gasteiger partial charge in [0.15, 0.2) is 5.90 Å². The summed E-state index contributed by atoms with van der Waals surface area (Å²) in [6, 6.07) is 9.55. The highest BCUT2D eigenvalue weighted by Crippen LogP contribution is 2.12. The average molecular weight is 261 g/mol. The molecule has 0 aromatic heterocycles. The molecule has 19 heavy (non-hydrogen) atoms. The van der Waals surface area contributed by atoms with Gasteiger partial charge in [-0.1, -0.05) is 51.3 Å². The first-order chi connectivity index (χ1) is 9.26. The third-order valence-corrected chi connectivity index (χ3v) is 2.78. The van der Waals surface area contributed by atoms with Crippen molar-refractivity contribution in [3.8, 4) is 0 Å². The first kappa shape index (κ1) is 15.4. The van der Waals surface area contributed by atoms with Gasteiger partial charge >= 0.3 is 5.97 Å². The van der Waals surface area contributed by atoms with Crippen molar-refractivity contribution in [2.24, 2.45) is 4.99 Å². The molecule has 1 rings (SSSR count). The lowest BCUT2D eigenvalue weighted by molar-refractivity contribution is -0.135. The van der Waals surface area contributed by atoms with Gasteiger partial charge in [-0.05, 0) is 18.6 Å². The van der Waals surface area contributed by atoms with Crippen LogP contribution in [0.15, 0.2) is 35.3 Å². The van der Waals surface area contributed by atoms with Crippen molar-refractivity contribution < 1.29 is 9.53 Å². The molecule has 0 saturated carbocycles. The summed E-state index contributed by atoms with van der Waals surface area (Å²) in [6.45, 7) is 4.09. The molecule has 0 unspecified atom stereocenters. The zero-order valence-electron chi connectivity index (χ0n) is 11.9. The van der Waals surface area contributed by atoms with Gasteiger partial charge in [0.25, 0.3) is 0 Å². The summed E-state index contributed by atoms with van der Waals surface area (Å²) < 4.78 is 5.29. The minimum absolute atomic E-state index is 0.173. The lowest BCUT2D eigenvalue weighted by Gasteiger charge is -2.05. The number of carbonyl (C=O) groups excluding carboxylic acids is 1. The maximum absolute atomic E-state index is 11.7. The lowest BCUT2D eigenvalue weighted by atomic mass is 10.2. The highest BCUT2D eigenvalue weighted by atomic mass is 16.5. The monoisotopic (exact) mass is 261 g/mol. The van der Waals surface area contributed by atoms with Crippen LogP contribution in [0.25, 0.3) is 0 Å². The second-order valence-electron chi connectivity index (χ2n) is 4.48. The molecule has 3 heteroatoms. The molecule has 3 nitrogen and oxygen atoms in total. The van der Waals surface area contributed by atoms with Gasteiger partial charge < -0.3 is 4.74 Å². The van der Waals surface area contributed by atoms with Crippen LogP contribution in [0.3, 0.4) is 0 Å². The summed E-state index contributed by atoms with van der Waals surface area (Å²) >= 11 is 0. The molecule has 0 aliphatic rings. The average Bonchev–Trinajstić information content (AvgIpc) is 2.44. The fourth-order valence-corrected chi connectivity index (χ4v) is 1.70. The molecule has 0 fully saturated rings. The number of carbonyl (C=O) groups is 1. The molecular formula is C16H23NO2. The van der Waals surface area contributed by atoms with Crippen molar-refractivity contribution in [3.63, 3.8) is 0 Å². The Morgan fingerprint density at radius 2 is 1.84 bits per heavy atom. The molecule has 0 amide bonds. The van der Waals surface area contributed by atoms with Crippen LogP contribution in [0.5, 0.6) is 0 Å². The highest BCUT2D eigenvalue weighted by molar-refractivity contribution is 5.90. The van der Waals surface area contributed by atoms with Crippen LogP contribution in [-0.4, -0.2) is 11.9 Å². The summed E-state index contributed by atoms with van der Waals surface area (Å²) in [5.74, 6) is 0.319. The Kier molecular flexibility index (Phi) is 7.56. The largest absolute Gasteiger partial charge is 0.412 e. The molecule has 0 saturated heterocycles. The van der Waals surface area contributed by atoms with Crippen molar-refractivity contribution in [2.45, 2.75) is 52.4 Å². The van der Waals surface area contributed by atoms with Crippen LogP contribution in [0.2, 0.25) is 0 Å². The number of unbranched alkanes of at least 4 members (excludes halogenated alkanes) is 3. The second-order valence-corrected chi connectivity index (χ2v) is 4.48. The van der Waals surface area contributed by atoms with E-state index in [9.17, 15) is 4.79 Å². The van der Waals surface area contributed by atoms with Crippen LogP contribution in [-0.2, 0) is 9.53 Å². The number of aliphatic imine (C=N–C) groups is 1. The maximum Gasteiger partial charge on any atom is 0.312 e. The van der Waals surface area contributed by atoms with Crippen molar-refractivity contribution in [1.82, 2.24) is 0 Å². The van der Waals surface area contributed by atoms with Crippen molar-refractivity contribution in [3.05, 3.63) is 30.3 Å². The van der Waals surface area contributed by atoms with E-state index >= 15 is 0 Å².